The lowest BCUT2D eigenvalue weighted by atomic mass is 9.90. The molecule has 102 valence electrons. The number of aromatic nitrogens is 1. The molecule has 0 radical (unpaired) electrons. The van der Waals surface area contributed by atoms with E-state index in [1.807, 2.05) is 12.1 Å². The van der Waals surface area contributed by atoms with Crippen LogP contribution < -0.4 is 0 Å². The molecule has 1 atom stereocenters. The molecule has 1 aromatic heterocycles. The van der Waals surface area contributed by atoms with Gasteiger partial charge in [0.15, 0.2) is 0 Å². The Morgan fingerprint density at radius 3 is 2.57 bits per heavy atom. The minimum absolute atomic E-state index is 0.318. The average molecular weight is 297 g/mol. The summed E-state index contributed by atoms with van der Waals surface area (Å²) in [6.45, 7) is 0. The lowest BCUT2D eigenvalue weighted by Gasteiger charge is -2.12. The predicted octanol–water partition coefficient (Wildman–Crippen LogP) is 4.68. The van der Waals surface area contributed by atoms with Crippen LogP contribution in [0.5, 0.6) is 0 Å². The second-order valence-electron chi connectivity index (χ2n) is 4.68. The Balaban J connectivity index is 2.18. The van der Waals surface area contributed by atoms with E-state index in [2.05, 4.69) is 11.1 Å². The van der Waals surface area contributed by atoms with Gasteiger partial charge in [-0.05, 0) is 41.5 Å². The Bertz CT molecular complexity index is 838. The third-order valence-electron chi connectivity index (χ3n) is 3.38. The molecule has 0 bridgehead atoms. The van der Waals surface area contributed by atoms with Gasteiger partial charge in [0.2, 0.25) is 0 Å². The highest BCUT2D eigenvalue weighted by Crippen LogP contribution is 2.30. The first-order valence-corrected chi connectivity index (χ1v) is 6.76. The van der Waals surface area contributed by atoms with E-state index in [-0.39, 0.29) is 5.82 Å². The molecule has 3 aromatic rings. The lowest BCUT2D eigenvalue weighted by molar-refractivity contribution is 0.627. The molecule has 21 heavy (non-hydrogen) atoms. The standard InChI is InChI=1S/C17H10ClFN2/c18-12-3-6-15-14(7-8-21-17(15)9-12)16(10-20)11-1-4-13(19)5-2-11/h1-9,16H. The molecule has 4 heteroatoms. The first-order valence-electron chi connectivity index (χ1n) is 6.38. The fourth-order valence-corrected chi connectivity index (χ4v) is 2.54. The van der Waals surface area contributed by atoms with Crippen molar-refractivity contribution in [1.82, 2.24) is 4.98 Å². The van der Waals surface area contributed by atoms with E-state index in [1.165, 1.54) is 12.1 Å². The number of hydrogen-bond donors (Lipinski definition) is 0. The molecule has 0 aliphatic heterocycles. The molecule has 0 aliphatic carbocycles. The van der Waals surface area contributed by atoms with Gasteiger partial charge in [-0.1, -0.05) is 29.8 Å². The smallest absolute Gasteiger partial charge is 0.123 e. The van der Waals surface area contributed by atoms with Crippen LogP contribution in [-0.4, -0.2) is 4.98 Å². The lowest BCUT2D eigenvalue weighted by Crippen LogP contribution is -2.00. The Labute approximate surface area is 126 Å². The van der Waals surface area contributed by atoms with E-state index in [4.69, 9.17) is 11.6 Å². The molecular formula is C17H10ClFN2. The zero-order valence-corrected chi connectivity index (χ0v) is 11.7. The zero-order valence-electron chi connectivity index (χ0n) is 10.9. The summed E-state index contributed by atoms with van der Waals surface area (Å²) in [4.78, 5) is 4.27. The van der Waals surface area contributed by atoms with Crippen LogP contribution in [0.1, 0.15) is 17.0 Å². The minimum Gasteiger partial charge on any atom is -0.256 e. The van der Waals surface area contributed by atoms with Gasteiger partial charge in [-0.2, -0.15) is 5.26 Å². The molecule has 0 saturated heterocycles. The van der Waals surface area contributed by atoms with E-state index in [0.29, 0.717) is 5.02 Å². The van der Waals surface area contributed by atoms with Crippen LogP contribution in [0.4, 0.5) is 4.39 Å². The highest BCUT2D eigenvalue weighted by atomic mass is 35.5. The summed E-state index contributed by atoms with van der Waals surface area (Å²) in [5.41, 5.74) is 2.33. The van der Waals surface area contributed by atoms with E-state index >= 15 is 0 Å². The molecule has 0 N–H and O–H groups in total. The van der Waals surface area contributed by atoms with Gasteiger partial charge in [0.1, 0.15) is 5.82 Å². The summed E-state index contributed by atoms with van der Waals surface area (Å²) in [6.07, 6.45) is 1.65. The Morgan fingerprint density at radius 1 is 1.10 bits per heavy atom. The molecule has 0 amide bonds. The molecule has 0 aliphatic rings. The van der Waals surface area contributed by atoms with Crippen LogP contribution in [0.3, 0.4) is 0 Å². The second-order valence-corrected chi connectivity index (χ2v) is 5.11. The number of rotatable bonds is 2. The van der Waals surface area contributed by atoms with Crippen molar-refractivity contribution in [2.45, 2.75) is 5.92 Å². The molecule has 0 fully saturated rings. The Hall–Kier alpha value is -2.44. The Morgan fingerprint density at radius 2 is 1.86 bits per heavy atom. The summed E-state index contributed by atoms with van der Waals surface area (Å²) in [5.74, 6) is -0.793. The number of halogens is 2. The fraction of sp³-hybridized carbons (Fsp3) is 0.0588. The monoisotopic (exact) mass is 296 g/mol. The van der Waals surface area contributed by atoms with Crippen molar-refractivity contribution in [2.24, 2.45) is 0 Å². The van der Waals surface area contributed by atoms with E-state index in [9.17, 15) is 9.65 Å². The van der Waals surface area contributed by atoms with Crippen LogP contribution in [0.25, 0.3) is 10.9 Å². The third kappa shape index (κ3) is 2.58. The molecule has 0 spiro atoms. The normalized spacial score (nSPS) is 12.0. The van der Waals surface area contributed by atoms with E-state index in [0.717, 1.165) is 22.0 Å². The predicted molar refractivity (Wildman–Crippen MR) is 80.6 cm³/mol. The van der Waals surface area contributed by atoms with Crippen molar-refractivity contribution >= 4 is 22.5 Å². The van der Waals surface area contributed by atoms with E-state index in [1.54, 1.807) is 30.5 Å². The Kier molecular flexibility index (Phi) is 3.55. The van der Waals surface area contributed by atoms with Gasteiger partial charge >= 0.3 is 0 Å². The summed E-state index contributed by atoms with van der Waals surface area (Å²) >= 11 is 5.97. The maximum Gasteiger partial charge on any atom is 0.123 e. The number of hydrogen-bond acceptors (Lipinski definition) is 2. The summed E-state index contributed by atoms with van der Waals surface area (Å²) in [7, 11) is 0. The van der Waals surface area contributed by atoms with Crippen LogP contribution in [-0.2, 0) is 0 Å². The first-order chi connectivity index (χ1) is 10.2. The number of nitriles is 1. The van der Waals surface area contributed by atoms with Gasteiger partial charge in [0, 0.05) is 16.6 Å². The van der Waals surface area contributed by atoms with E-state index < -0.39 is 5.92 Å². The SMILES string of the molecule is N#CC(c1ccc(F)cc1)c1ccnc2cc(Cl)ccc12. The van der Waals surface area contributed by atoms with Crippen LogP contribution >= 0.6 is 11.6 Å². The van der Waals surface area contributed by atoms with Crippen LogP contribution in [0, 0.1) is 17.1 Å². The second kappa shape index (κ2) is 5.51. The highest BCUT2D eigenvalue weighted by Gasteiger charge is 2.16. The quantitative estimate of drug-likeness (QED) is 0.688. The number of nitrogens with zero attached hydrogens (tertiary/aromatic N) is 2. The fourth-order valence-electron chi connectivity index (χ4n) is 2.37. The topological polar surface area (TPSA) is 36.7 Å². The number of fused-ring (bicyclic) bond motifs is 1. The number of benzene rings is 2. The van der Waals surface area contributed by atoms with Crippen molar-refractivity contribution in [3.63, 3.8) is 0 Å². The van der Waals surface area contributed by atoms with Gasteiger partial charge in [-0.3, -0.25) is 4.98 Å². The molecule has 0 saturated carbocycles. The van der Waals surface area contributed by atoms with Crippen molar-refractivity contribution in [2.75, 3.05) is 0 Å². The molecule has 3 rings (SSSR count). The summed E-state index contributed by atoms with van der Waals surface area (Å²) in [5, 5.41) is 11.0. The van der Waals surface area contributed by atoms with Crippen molar-refractivity contribution in [1.29, 1.82) is 5.26 Å². The first kappa shape index (κ1) is 13.5. The third-order valence-corrected chi connectivity index (χ3v) is 3.62. The van der Waals surface area contributed by atoms with Gasteiger partial charge < -0.3 is 0 Å². The van der Waals surface area contributed by atoms with Crippen molar-refractivity contribution in [3.8, 4) is 6.07 Å². The summed E-state index contributed by atoms with van der Waals surface area (Å²) in [6, 6.07) is 15.5. The van der Waals surface area contributed by atoms with Crippen molar-refractivity contribution < 1.29 is 4.39 Å². The molecule has 2 nitrogen and oxygen atoms in total. The van der Waals surface area contributed by atoms with Crippen LogP contribution in [0.15, 0.2) is 54.7 Å². The molecular weight excluding hydrogens is 287 g/mol. The van der Waals surface area contributed by atoms with Crippen molar-refractivity contribution in [3.05, 3.63) is 76.7 Å². The maximum absolute atomic E-state index is 13.0. The van der Waals surface area contributed by atoms with Crippen LogP contribution in [0.2, 0.25) is 5.02 Å². The zero-order chi connectivity index (χ0) is 14.8. The number of pyridine rings is 1. The summed E-state index contributed by atoms with van der Waals surface area (Å²) < 4.78 is 13.0. The molecule has 1 unspecified atom stereocenters. The van der Waals surface area contributed by atoms with Gasteiger partial charge in [0.25, 0.3) is 0 Å². The maximum atomic E-state index is 13.0. The molecule has 1 heterocycles. The minimum atomic E-state index is -0.475. The largest absolute Gasteiger partial charge is 0.256 e. The molecule has 2 aromatic carbocycles. The van der Waals surface area contributed by atoms with Gasteiger partial charge in [-0.25, -0.2) is 4.39 Å². The van der Waals surface area contributed by atoms with Gasteiger partial charge in [-0.15, -0.1) is 0 Å². The van der Waals surface area contributed by atoms with Gasteiger partial charge in [0.05, 0.1) is 17.5 Å². The average Bonchev–Trinajstić information content (AvgIpc) is 2.49. The highest BCUT2D eigenvalue weighted by molar-refractivity contribution is 6.31.